The Bertz CT molecular complexity index is 1260. The Kier molecular flexibility index (Phi) is 7.04. The predicted molar refractivity (Wildman–Crippen MR) is 141 cm³/mol. The number of fused-ring (bicyclic) bond motifs is 1. The molecule has 5 rings (SSSR count). The Morgan fingerprint density at radius 1 is 1.11 bits per heavy atom. The minimum atomic E-state index is -0.765. The van der Waals surface area contributed by atoms with Crippen molar-refractivity contribution in [1.29, 1.82) is 0 Å². The number of aromatic nitrogens is 4. The predicted octanol–water partition coefficient (Wildman–Crippen LogP) is 6.21. The Labute approximate surface area is 221 Å². The number of hydrogen-bond acceptors (Lipinski definition) is 6. The molecule has 37 heavy (non-hydrogen) atoms. The zero-order valence-electron chi connectivity index (χ0n) is 22.1. The molecule has 2 heterocycles. The molecule has 0 saturated heterocycles. The van der Waals surface area contributed by atoms with E-state index in [0.29, 0.717) is 17.3 Å². The van der Waals surface area contributed by atoms with Crippen molar-refractivity contribution in [3.8, 4) is 16.9 Å². The van der Waals surface area contributed by atoms with Crippen LogP contribution in [-0.2, 0) is 0 Å². The second kappa shape index (κ2) is 9.98. The maximum Gasteiger partial charge on any atom is 0.255 e. The van der Waals surface area contributed by atoms with Gasteiger partial charge in [-0.25, -0.2) is 8.78 Å². The van der Waals surface area contributed by atoms with Gasteiger partial charge in [-0.2, -0.15) is 19.6 Å². The molecule has 2 aliphatic carbocycles. The third-order valence-electron chi connectivity index (χ3n) is 8.38. The molecule has 2 aromatic heterocycles. The van der Waals surface area contributed by atoms with E-state index in [-0.39, 0.29) is 45.9 Å². The summed E-state index contributed by atoms with van der Waals surface area (Å²) in [6.45, 7) is 6.07. The summed E-state index contributed by atoms with van der Waals surface area (Å²) >= 11 is 6.47. The van der Waals surface area contributed by atoms with E-state index in [0.717, 1.165) is 12.8 Å². The number of ether oxygens (including phenoxy) is 1. The average molecular weight is 533 g/mol. The van der Waals surface area contributed by atoms with Gasteiger partial charge in [0, 0.05) is 24.2 Å². The van der Waals surface area contributed by atoms with Crippen molar-refractivity contribution in [2.24, 2.45) is 11.3 Å². The number of hydrogen-bond donors (Lipinski definition) is 1. The first-order valence-corrected chi connectivity index (χ1v) is 13.4. The highest BCUT2D eigenvalue weighted by Crippen LogP contribution is 2.53. The van der Waals surface area contributed by atoms with Crippen LogP contribution in [0.2, 0.25) is 5.15 Å². The molecule has 1 atom stereocenters. The van der Waals surface area contributed by atoms with Crippen LogP contribution in [0, 0.1) is 23.0 Å². The molecule has 1 spiro atoms. The third-order valence-corrected chi connectivity index (χ3v) is 8.66. The number of nitrogens with zero attached hydrogens (tertiary/aromatic N) is 5. The standard InChI is InChI=1S/C27H35ClF2N6O/c1-15(2)16(3)33-25-23(24(28)34-26-31-14-32-36(25)26)22-20(29)10-18(11-21(22)30)37-19-12-27(13-19)8-6-17(7-9-27)35(4)5/h10-11,14-17,19,33H,6-9,12-13H2,1-5H3/t16-,17?,19?,27?/m1/s1. The highest BCUT2D eigenvalue weighted by atomic mass is 35.5. The number of benzene rings is 1. The van der Waals surface area contributed by atoms with Gasteiger partial charge >= 0.3 is 0 Å². The zero-order chi connectivity index (χ0) is 26.5. The first-order valence-electron chi connectivity index (χ1n) is 13.0. The van der Waals surface area contributed by atoms with E-state index in [1.165, 1.54) is 48.7 Å². The van der Waals surface area contributed by atoms with Crippen LogP contribution in [0.4, 0.5) is 14.6 Å². The number of anilines is 1. The number of halogens is 3. The lowest BCUT2D eigenvalue weighted by molar-refractivity contribution is -0.0507. The van der Waals surface area contributed by atoms with Crippen molar-refractivity contribution in [1.82, 2.24) is 24.5 Å². The van der Waals surface area contributed by atoms with Crippen LogP contribution < -0.4 is 10.1 Å². The van der Waals surface area contributed by atoms with Gasteiger partial charge in [0.2, 0.25) is 0 Å². The molecule has 0 amide bonds. The number of rotatable bonds is 7. The van der Waals surface area contributed by atoms with E-state index in [4.69, 9.17) is 16.3 Å². The van der Waals surface area contributed by atoms with Gasteiger partial charge in [0.25, 0.3) is 5.78 Å². The molecular formula is C27H35ClF2N6O. The molecule has 1 N–H and O–H groups in total. The van der Waals surface area contributed by atoms with Gasteiger partial charge in [0.05, 0.1) is 17.2 Å². The second-order valence-corrected chi connectivity index (χ2v) is 11.7. The summed E-state index contributed by atoms with van der Waals surface area (Å²) < 4.78 is 38.5. The second-order valence-electron chi connectivity index (χ2n) is 11.4. The van der Waals surface area contributed by atoms with Crippen LogP contribution in [0.1, 0.15) is 59.3 Å². The molecular weight excluding hydrogens is 498 g/mol. The molecule has 7 nitrogen and oxygen atoms in total. The first-order chi connectivity index (χ1) is 17.6. The SMILES string of the molecule is CC(C)[C@@H](C)Nc1c(-c2c(F)cc(OC3CC4(CCC(N(C)C)CC4)C3)cc2F)c(Cl)nc2ncnn12. The van der Waals surface area contributed by atoms with Crippen molar-refractivity contribution >= 4 is 23.2 Å². The van der Waals surface area contributed by atoms with Gasteiger partial charge in [-0.1, -0.05) is 25.4 Å². The van der Waals surface area contributed by atoms with Crippen LogP contribution in [0.25, 0.3) is 16.9 Å². The van der Waals surface area contributed by atoms with Crippen LogP contribution >= 0.6 is 11.6 Å². The quantitative estimate of drug-likeness (QED) is 0.365. The lowest BCUT2D eigenvalue weighted by Crippen LogP contribution is -2.48. The highest BCUT2D eigenvalue weighted by Gasteiger charge is 2.47. The Morgan fingerprint density at radius 3 is 2.35 bits per heavy atom. The van der Waals surface area contributed by atoms with Gasteiger partial charge in [-0.15, -0.1) is 0 Å². The van der Waals surface area contributed by atoms with Gasteiger partial charge in [-0.3, -0.25) is 0 Å². The molecule has 10 heteroatoms. The van der Waals surface area contributed by atoms with Gasteiger partial charge < -0.3 is 15.0 Å². The maximum atomic E-state index is 15.5. The fourth-order valence-electron chi connectivity index (χ4n) is 5.73. The summed E-state index contributed by atoms with van der Waals surface area (Å²) in [5.74, 6) is -0.511. The molecule has 0 unspecified atom stereocenters. The van der Waals surface area contributed by atoms with Crippen LogP contribution in [0.15, 0.2) is 18.5 Å². The first kappa shape index (κ1) is 26.1. The van der Waals surface area contributed by atoms with Crippen molar-refractivity contribution in [2.45, 2.75) is 77.5 Å². The largest absolute Gasteiger partial charge is 0.490 e. The highest BCUT2D eigenvalue weighted by molar-refractivity contribution is 6.33. The molecule has 2 saturated carbocycles. The van der Waals surface area contributed by atoms with Gasteiger partial charge in [-0.05, 0) is 70.9 Å². The van der Waals surface area contributed by atoms with E-state index in [2.05, 4.69) is 39.4 Å². The minimum absolute atomic E-state index is 0.0265. The summed E-state index contributed by atoms with van der Waals surface area (Å²) in [6, 6.07) is 3.09. The topological polar surface area (TPSA) is 67.6 Å². The molecule has 200 valence electrons. The van der Waals surface area contributed by atoms with E-state index in [1.54, 1.807) is 0 Å². The molecule has 3 aromatic rings. The summed E-state index contributed by atoms with van der Waals surface area (Å²) in [4.78, 5) is 10.6. The molecule has 0 radical (unpaired) electrons. The minimum Gasteiger partial charge on any atom is -0.490 e. The van der Waals surface area contributed by atoms with Crippen LogP contribution in [0.5, 0.6) is 5.75 Å². The Balaban J connectivity index is 1.38. The van der Waals surface area contributed by atoms with Crippen molar-refractivity contribution in [2.75, 3.05) is 19.4 Å². The van der Waals surface area contributed by atoms with E-state index < -0.39 is 11.6 Å². The third kappa shape index (κ3) is 5.00. The average Bonchev–Trinajstić information content (AvgIpc) is 3.27. The maximum absolute atomic E-state index is 15.5. The summed E-state index contributed by atoms with van der Waals surface area (Å²) in [5, 5.41) is 7.45. The lowest BCUT2D eigenvalue weighted by Gasteiger charge is -2.51. The fraction of sp³-hybridized carbons (Fsp3) is 0.593. The van der Waals surface area contributed by atoms with E-state index in [9.17, 15) is 0 Å². The summed E-state index contributed by atoms with van der Waals surface area (Å²) in [6.07, 6.45) is 7.90. The smallest absolute Gasteiger partial charge is 0.255 e. The Morgan fingerprint density at radius 2 is 1.76 bits per heavy atom. The van der Waals surface area contributed by atoms with Gasteiger partial charge in [0.15, 0.2) is 0 Å². The van der Waals surface area contributed by atoms with Crippen LogP contribution in [0.3, 0.4) is 0 Å². The Hall–Kier alpha value is -2.52. The summed E-state index contributed by atoms with van der Waals surface area (Å²) in [5.41, 5.74) is 0.149. The van der Waals surface area contributed by atoms with Crippen molar-refractivity contribution in [3.05, 3.63) is 35.2 Å². The fourth-order valence-corrected chi connectivity index (χ4v) is 5.99. The molecule has 0 aliphatic heterocycles. The van der Waals surface area contributed by atoms with Gasteiger partial charge in [0.1, 0.15) is 34.7 Å². The van der Waals surface area contributed by atoms with Crippen molar-refractivity contribution < 1.29 is 13.5 Å². The normalized spacial score (nSPS) is 24.6. The summed E-state index contributed by atoms with van der Waals surface area (Å²) in [7, 11) is 4.28. The van der Waals surface area contributed by atoms with E-state index >= 15 is 8.78 Å². The number of nitrogens with one attached hydrogen (secondary N) is 1. The lowest BCUT2D eigenvalue weighted by atomic mass is 9.58. The van der Waals surface area contributed by atoms with E-state index in [1.807, 2.05) is 20.8 Å². The molecule has 2 aliphatic rings. The molecule has 0 bridgehead atoms. The zero-order valence-corrected chi connectivity index (χ0v) is 22.8. The van der Waals surface area contributed by atoms with Crippen molar-refractivity contribution in [3.63, 3.8) is 0 Å². The monoisotopic (exact) mass is 532 g/mol. The van der Waals surface area contributed by atoms with Crippen LogP contribution in [-0.4, -0.2) is 56.8 Å². The molecule has 2 fully saturated rings. The molecule has 1 aromatic carbocycles.